The van der Waals surface area contributed by atoms with E-state index in [1.165, 1.54) is 12.1 Å². The van der Waals surface area contributed by atoms with Crippen molar-refractivity contribution in [1.82, 2.24) is 9.97 Å². The smallest absolute Gasteiger partial charge is 0.165 e. The van der Waals surface area contributed by atoms with Crippen molar-refractivity contribution in [1.29, 1.82) is 0 Å². The molecule has 4 aromatic rings. The van der Waals surface area contributed by atoms with Crippen molar-refractivity contribution >= 4 is 10.9 Å². The van der Waals surface area contributed by atoms with Crippen molar-refractivity contribution in [2.45, 2.75) is 0 Å². The topological polar surface area (TPSA) is 66.2 Å². The van der Waals surface area contributed by atoms with Crippen molar-refractivity contribution in [3.63, 3.8) is 0 Å². The van der Waals surface area contributed by atoms with Crippen LogP contribution in [0.3, 0.4) is 0 Å². The van der Waals surface area contributed by atoms with E-state index < -0.39 is 11.6 Å². The van der Waals surface area contributed by atoms with Crippen LogP contribution in [0.25, 0.3) is 33.3 Å². The highest BCUT2D eigenvalue weighted by molar-refractivity contribution is 5.97. The minimum Gasteiger partial charge on any atom is -0.508 e. The molecule has 25 heavy (non-hydrogen) atoms. The first kappa shape index (κ1) is 15.1. The maximum Gasteiger partial charge on any atom is 0.165 e. The Hall–Kier alpha value is -3.47. The molecule has 0 aliphatic heterocycles. The summed E-state index contributed by atoms with van der Waals surface area (Å²) in [5, 5.41) is 20.0. The predicted molar refractivity (Wildman–Crippen MR) is 93.7 cm³/mol. The Morgan fingerprint density at radius 2 is 1.60 bits per heavy atom. The molecule has 0 aliphatic rings. The van der Waals surface area contributed by atoms with Gasteiger partial charge in [0.2, 0.25) is 0 Å². The summed E-state index contributed by atoms with van der Waals surface area (Å²) in [5.41, 5.74) is 3.57. The van der Waals surface area contributed by atoms with Gasteiger partial charge in [0, 0.05) is 23.3 Å². The quantitative estimate of drug-likeness (QED) is 0.566. The van der Waals surface area contributed by atoms with E-state index in [1.54, 1.807) is 36.7 Å². The second-order valence-electron chi connectivity index (χ2n) is 5.66. The number of pyridine rings is 2. The van der Waals surface area contributed by atoms with Crippen LogP contribution in [0.2, 0.25) is 0 Å². The summed E-state index contributed by atoms with van der Waals surface area (Å²) < 4.78 is 13.7. The van der Waals surface area contributed by atoms with Gasteiger partial charge in [0.1, 0.15) is 5.75 Å². The largest absolute Gasteiger partial charge is 0.508 e. The molecule has 0 bridgehead atoms. The molecule has 2 aromatic heterocycles. The van der Waals surface area contributed by atoms with Crippen LogP contribution in [-0.2, 0) is 0 Å². The number of benzene rings is 2. The standard InChI is InChI=1S/C20H13FN2O2/c21-17-9-13(1-4-20(17)25)19-11-15(12-5-7-22-8-6-12)16-10-14(24)2-3-18(16)23-19/h1-11,24-25H. The molecule has 0 unspecified atom stereocenters. The minimum absolute atomic E-state index is 0.146. The number of phenolic OH excluding ortho intramolecular Hbond substituents is 2. The fourth-order valence-corrected chi connectivity index (χ4v) is 2.80. The van der Waals surface area contributed by atoms with Crippen LogP contribution >= 0.6 is 0 Å². The van der Waals surface area contributed by atoms with Gasteiger partial charge in [-0.05, 0) is 65.7 Å². The van der Waals surface area contributed by atoms with Crippen LogP contribution in [0.15, 0.2) is 67.0 Å². The van der Waals surface area contributed by atoms with Crippen LogP contribution in [-0.4, -0.2) is 20.2 Å². The van der Waals surface area contributed by atoms with Gasteiger partial charge < -0.3 is 10.2 Å². The number of phenols is 2. The number of aromatic nitrogens is 2. The summed E-state index contributed by atoms with van der Waals surface area (Å²) in [6.07, 6.45) is 3.37. The summed E-state index contributed by atoms with van der Waals surface area (Å²) in [6, 6.07) is 14.7. The predicted octanol–water partition coefficient (Wildman–Crippen LogP) is 4.51. The lowest BCUT2D eigenvalue weighted by Gasteiger charge is -2.11. The lowest BCUT2D eigenvalue weighted by molar-refractivity contribution is 0.432. The molecule has 2 heterocycles. The maximum atomic E-state index is 13.7. The van der Waals surface area contributed by atoms with E-state index in [0.29, 0.717) is 16.8 Å². The van der Waals surface area contributed by atoms with E-state index in [0.717, 1.165) is 16.5 Å². The van der Waals surface area contributed by atoms with E-state index in [-0.39, 0.29) is 5.75 Å². The number of halogens is 1. The average molecular weight is 332 g/mol. The molecule has 2 aromatic carbocycles. The lowest BCUT2D eigenvalue weighted by Crippen LogP contribution is -1.91. The molecule has 0 aliphatic carbocycles. The monoisotopic (exact) mass is 332 g/mol. The van der Waals surface area contributed by atoms with Gasteiger partial charge in [-0.15, -0.1) is 0 Å². The first-order chi connectivity index (χ1) is 12.1. The molecule has 0 radical (unpaired) electrons. The van der Waals surface area contributed by atoms with Gasteiger partial charge in [-0.2, -0.15) is 0 Å². The van der Waals surface area contributed by atoms with Gasteiger partial charge in [-0.1, -0.05) is 0 Å². The van der Waals surface area contributed by atoms with Gasteiger partial charge >= 0.3 is 0 Å². The van der Waals surface area contributed by atoms with Gasteiger partial charge in [-0.25, -0.2) is 9.37 Å². The molecule has 0 saturated heterocycles. The fourth-order valence-electron chi connectivity index (χ4n) is 2.80. The van der Waals surface area contributed by atoms with Crippen molar-refractivity contribution < 1.29 is 14.6 Å². The summed E-state index contributed by atoms with van der Waals surface area (Å²) in [7, 11) is 0. The Morgan fingerprint density at radius 1 is 0.800 bits per heavy atom. The third kappa shape index (κ3) is 2.76. The van der Waals surface area contributed by atoms with Crippen molar-refractivity contribution in [2.75, 3.05) is 0 Å². The lowest BCUT2D eigenvalue weighted by atomic mass is 9.99. The molecule has 4 nitrogen and oxygen atoms in total. The van der Waals surface area contributed by atoms with E-state index in [1.807, 2.05) is 18.2 Å². The molecule has 4 rings (SSSR count). The molecule has 0 fully saturated rings. The van der Waals surface area contributed by atoms with Crippen LogP contribution in [0.4, 0.5) is 4.39 Å². The van der Waals surface area contributed by atoms with Crippen molar-refractivity contribution in [3.05, 3.63) is 72.8 Å². The van der Waals surface area contributed by atoms with E-state index in [9.17, 15) is 14.6 Å². The molecule has 0 spiro atoms. The minimum atomic E-state index is -0.699. The van der Waals surface area contributed by atoms with Crippen molar-refractivity contribution in [3.8, 4) is 33.9 Å². The summed E-state index contributed by atoms with van der Waals surface area (Å²) in [5.74, 6) is -0.951. The summed E-state index contributed by atoms with van der Waals surface area (Å²) in [6.45, 7) is 0. The molecular weight excluding hydrogens is 319 g/mol. The Bertz CT molecular complexity index is 1080. The number of nitrogens with zero attached hydrogens (tertiary/aromatic N) is 2. The van der Waals surface area contributed by atoms with E-state index in [2.05, 4.69) is 9.97 Å². The molecule has 5 heteroatoms. The Balaban J connectivity index is 2.01. The first-order valence-electron chi connectivity index (χ1n) is 7.65. The molecule has 122 valence electrons. The first-order valence-corrected chi connectivity index (χ1v) is 7.65. The zero-order chi connectivity index (χ0) is 17.4. The van der Waals surface area contributed by atoms with Crippen LogP contribution in [0.5, 0.6) is 11.5 Å². The third-order valence-corrected chi connectivity index (χ3v) is 4.03. The van der Waals surface area contributed by atoms with Crippen molar-refractivity contribution in [2.24, 2.45) is 0 Å². The molecule has 0 atom stereocenters. The zero-order valence-corrected chi connectivity index (χ0v) is 13.0. The highest BCUT2D eigenvalue weighted by Crippen LogP contribution is 2.34. The zero-order valence-electron chi connectivity index (χ0n) is 13.0. The number of hydrogen-bond acceptors (Lipinski definition) is 4. The Labute approximate surface area is 142 Å². The van der Waals surface area contributed by atoms with Crippen LogP contribution < -0.4 is 0 Å². The van der Waals surface area contributed by atoms with Crippen LogP contribution in [0, 0.1) is 5.82 Å². The Kier molecular flexibility index (Phi) is 3.54. The summed E-state index contributed by atoms with van der Waals surface area (Å²) >= 11 is 0. The molecule has 0 saturated carbocycles. The third-order valence-electron chi connectivity index (χ3n) is 4.03. The van der Waals surface area contributed by atoms with Gasteiger partial charge in [0.15, 0.2) is 11.6 Å². The average Bonchev–Trinajstić information content (AvgIpc) is 2.64. The van der Waals surface area contributed by atoms with E-state index in [4.69, 9.17) is 0 Å². The number of fused-ring (bicyclic) bond motifs is 1. The SMILES string of the molecule is Oc1ccc2nc(-c3ccc(O)c(F)c3)cc(-c3ccncc3)c2c1. The number of rotatable bonds is 2. The highest BCUT2D eigenvalue weighted by atomic mass is 19.1. The highest BCUT2D eigenvalue weighted by Gasteiger charge is 2.12. The fraction of sp³-hybridized carbons (Fsp3) is 0. The second-order valence-corrected chi connectivity index (χ2v) is 5.66. The Morgan fingerprint density at radius 3 is 2.36 bits per heavy atom. The molecular formula is C20H13FN2O2. The van der Waals surface area contributed by atoms with Gasteiger partial charge in [-0.3, -0.25) is 4.98 Å². The summed E-state index contributed by atoms with van der Waals surface area (Å²) in [4.78, 5) is 8.60. The van der Waals surface area contributed by atoms with Crippen LogP contribution in [0.1, 0.15) is 0 Å². The molecule has 0 amide bonds. The number of aromatic hydroxyl groups is 2. The van der Waals surface area contributed by atoms with E-state index >= 15 is 0 Å². The molecule has 2 N–H and O–H groups in total. The number of hydrogen-bond donors (Lipinski definition) is 2. The van der Waals surface area contributed by atoms with Gasteiger partial charge in [0.05, 0.1) is 11.2 Å². The normalized spacial score (nSPS) is 10.9. The van der Waals surface area contributed by atoms with Gasteiger partial charge in [0.25, 0.3) is 0 Å². The second kappa shape index (κ2) is 5.87. The maximum absolute atomic E-state index is 13.7.